The largest absolute Gasteiger partial charge is 0.497 e. The van der Waals surface area contributed by atoms with Crippen LogP contribution in [0, 0.1) is 18.3 Å². The average Bonchev–Trinajstić information content (AvgIpc) is 3.23. The summed E-state index contributed by atoms with van der Waals surface area (Å²) in [7, 11) is 1.61. The van der Waals surface area contributed by atoms with Crippen LogP contribution < -0.4 is 15.8 Å². The number of aromatic amines is 1. The minimum absolute atomic E-state index is 0.0126. The van der Waals surface area contributed by atoms with E-state index < -0.39 is 11.8 Å². The molecular weight excluding hydrogens is 372 g/mol. The number of nitrogens with one attached hydrogen (secondary N) is 2. The van der Waals surface area contributed by atoms with Crippen LogP contribution in [0.15, 0.2) is 18.2 Å². The van der Waals surface area contributed by atoms with E-state index in [2.05, 4.69) is 10.3 Å². The van der Waals surface area contributed by atoms with Gasteiger partial charge in [-0.15, -0.1) is 0 Å². The van der Waals surface area contributed by atoms with Crippen LogP contribution in [0.2, 0.25) is 0 Å². The summed E-state index contributed by atoms with van der Waals surface area (Å²) < 4.78 is 5.27. The van der Waals surface area contributed by atoms with Crippen LogP contribution in [0.1, 0.15) is 35.3 Å². The van der Waals surface area contributed by atoms with Gasteiger partial charge in [-0.25, -0.2) is 0 Å². The van der Waals surface area contributed by atoms with Gasteiger partial charge in [0.25, 0.3) is 5.91 Å². The molecule has 2 aromatic rings. The molecule has 154 valence electrons. The van der Waals surface area contributed by atoms with Crippen molar-refractivity contribution in [3.8, 4) is 5.75 Å². The van der Waals surface area contributed by atoms with E-state index in [1.165, 1.54) is 0 Å². The summed E-state index contributed by atoms with van der Waals surface area (Å²) in [5.74, 6) is -0.873. The van der Waals surface area contributed by atoms with Crippen molar-refractivity contribution in [2.24, 2.45) is 17.1 Å². The van der Waals surface area contributed by atoms with E-state index in [1.54, 1.807) is 12.0 Å². The number of primary amides is 1. The van der Waals surface area contributed by atoms with Crippen molar-refractivity contribution < 1.29 is 19.1 Å². The van der Waals surface area contributed by atoms with Gasteiger partial charge in [0.1, 0.15) is 11.4 Å². The SMILES string of the molecule is COc1ccc2[nH]c(C(=O)NCC3CN(C(=O)C(N)=O)CC34CCC4)c(C)c2c1. The van der Waals surface area contributed by atoms with E-state index in [0.717, 1.165) is 41.5 Å². The van der Waals surface area contributed by atoms with E-state index in [-0.39, 0.29) is 17.2 Å². The Labute approximate surface area is 168 Å². The van der Waals surface area contributed by atoms with Gasteiger partial charge < -0.3 is 25.7 Å². The summed E-state index contributed by atoms with van der Waals surface area (Å²) in [6.45, 7) is 3.36. The number of carbonyl (C=O) groups excluding carboxylic acids is 3. The number of H-pyrrole nitrogens is 1. The molecule has 29 heavy (non-hydrogen) atoms. The maximum Gasteiger partial charge on any atom is 0.311 e. The maximum atomic E-state index is 12.9. The quantitative estimate of drug-likeness (QED) is 0.674. The Hall–Kier alpha value is -3.03. The number of fused-ring (bicyclic) bond motifs is 1. The number of aryl methyl sites for hydroxylation is 1. The lowest BCUT2D eigenvalue weighted by molar-refractivity contribution is -0.143. The van der Waals surface area contributed by atoms with E-state index in [9.17, 15) is 14.4 Å². The molecule has 1 saturated heterocycles. The van der Waals surface area contributed by atoms with Crippen molar-refractivity contribution in [1.29, 1.82) is 0 Å². The Morgan fingerprint density at radius 3 is 2.72 bits per heavy atom. The molecular formula is C21H26N4O4. The monoisotopic (exact) mass is 398 g/mol. The second-order valence-corrected chi connectivity index (χ2v) is 8.21. The molecule has 4 N–H and O–H groups in total. The Balaban J connectivity index is 1.48. The molecule has 1 aromatic carbocycles. The zero-order chi connectivity index (χ0) is 20.8. The minimum Gasteiger partial charge on any atom is -0.497 e. The summed E-state index contributed by atoms with van der Waals surface area (Å²) >= 11 is 0. The highest BCUT2D eigenvalue weighted by molar-refractivity contribution is 6.34. The first-order chi connectivity index (χ1) is 13.8. The second-order valence-electron chi connectivity index (χ2n) is 8.21. The van der Waals surface area contributed by atoms with E-state index in [0.29, 0.717) is 25.3 Å². The van der Waals surface area contributed by atoms with Gasteiger partial charge in [-0.05, 0) is 48.9 Å². The van der Waals surface area contributed by atoms with Crippen molar-refractivity contribution in [3.05, 3.63) is 29.5 Å². The number of nitrogens with two attached hydrogens (primary N) is 1. The number of carbonyl (C=O) groups is 3. The molecule has 1 atom stereocenters. The van der Waals surface area contributed by atoms with Gasteiger partial charge in [0.2, 0.25) is 0 Å². The van der Waals surface area contributed by atoms with Crippen molar-refractivity contribution in [1.82, 2.24) is 15.2 Å². The lowest BCUT2D eigenvalue weighted by Gasteiger charge is -2.42. The normalized spacial score (nSPS) is 19.9. The highest BCUT2D eigenvalue weighted by Crippen LogP contribution is 2.51. The van der Waals surface area contributed by atoms with Gasteiger partial charge >= 0.3 is 11.8 Å². The van der Waals surface area contributed by atoms with Crippen molar-refractivity contribution >= 4 is 28.6 Å². The third kappa shape index (κ3) is 3.22. The van der Waals surface area contributed by atoms with Crippen LogP contribution in [0.25, 0.3) is 10.9 Å². The number of amides is 3. The molecule has 0 radical (unpaired) electrons. The Kier molecular flexibility index (Phi) is 4.72. The standard InChI is InChI=1S/C21H26N4O4/c1-12-15-8-14(29-2)4-5-16(15)24-17(12)19(27)23-9-13-10-25(20(28)18(22)26)11-21(13)6-3-7-21/h4-5,8,13,24H,3,6-7,9-11H2,1-2H3,(H2,22,26)(H,23,27). The molecule has 1 aliphatic heterocycles. The second kappa shape index (κ2) is 7.09. The number of hydrogen-bond donors (Lipinski definition) is 3. The fourth-order valence-corrected chi connectivity index (χ4v) is 4.79. The summed E-state index contributed by atoms with van der Waals surface area (Å²) in [4.78, 5) is 40.9. The highest BCUT2D eigenvalue weighted by atomic mass is 16.5. The number of likely N-dealkylation sites (tertiary alicyclic amines) is 1. The molecule has 1 aromatic heterocycles. The Bertz CT molecular complexity index is 992. The van der Waals surface area contributed by atoms with Crippen LogP contribution in [0.5, 0.6) is 5.75 Å². The summed E-state index contributed by atoms with van der Waals surface area (Å²) in [5.41, 5.74) is 7.43. The van der Waals surface area contributed by atoms with E-state index in [1.807, 2.05) is 25.1 Å². The molecule has 8 heteroatoms. The number of nitrogens with zero attached hydrogens (tertiary/aromatic N) is 1. The number of hydrogen-bond acceptors (Lipinski definition) is 4. The van der Waals surface area contributed by atoms with Gasteiger partial charge in [0, 0.05) is 36.5 Å². The van der Waals surface area contributed by atoms with Crippen molar-refractivity contribution in [2.75, 3.05) is 26.7 Å². The molecule has 2 heterocycles. The van der Waals surface area contributed by atoms with Crippen LogP contribution in [0.4, 0.5) is 0 Å². The molecule has 1 saturated carbocycles. The first-order valence-corrected chi connectivity index (χ1v) is 9.88. The molecule has 2 aliphatic rings. The number of aromatic nitrogens is 1. The van der Waals surface area contributed by atoms with Crippen LogP contribution >= 0.6 is 0 Å². The average molecular weight is 398 g/mol. The smallest absolute Gasteiger partial charge is 0.311 e. The number of methoxy groups -OCH3 is 1. The van der Waals surface area contributed by atoms with Crippen LogP contribution in [0.3, 0.4) is 0 Å². The first kappa shape index (κ1) is 19.3. The lowest BCUT2D eigenvalue weighted by atomic mass is 9.63. The van der Waals surface area contributed by atoms with Crippen LogP contribution in [-0.2, 0) is 9.59 Å². The molecule has 2 fully saturated rings. The molecule has 3 amide bonds. The third-order valence-electron chi connectivity index (χ3n) is 6.66. The van der Waals surface area contributed by atoms with Gasteiger partial charge in [-0.2, -0.15) is 0 Å². The molecule has 8 nitrogen and oxygen atoms in total. The predicted octanol–water partition coefficient (Wildman–Crippen LogP) is 1.33. The number of ether oxygens (including phenoxy) is 1. The summed E-state index contributed by atoms with van der Waals surface area (Å²) in [6.07, 6.45) is 3.11. The highest BCUT2D eigenvalue weighted by Gasteiger charge is 2.51. The van der Waals surface area contributed by atoms with Crippen molar-refractivity contribution in [3.63, 3.8) is 0 Å². The molecule has 0 bridgehead atoms. The van der Waals surface area contributed by atoms with Gasteiger partial charge in [-0.3, -0.25) is 14.4 Å². The van der Waals surface area contributed by atoms with Gasteiger partial charge in [0.15, 0.2) is 0 Å². The fourth-order valence-electron chi connectivity index (χ4n) is 4.79. The van der Waals surface area contributed by atoms with Crippen molar-refractivity contribution in [2.45, 2.75) is 26.2 Å². The minimum atomic E-state index is -0.923. The Morgan fingerprint density at radius 2 is 2.10 bits per heavy atom. The lowest BCUT2D eigenvalue weighted by Crippen LogP contribution is -2.43. The molecule has 1 unspecified atom stereocenters. The topological polar surface area (TPSA) is 118 Å². The molecule has 1 spiro atoms. The number of rotatable bonds is 4. The molecule has 4 rings (SSSR count). The Morgan fingerprint density at radius 1 is 1.34 bits per heavy atom. The zero-order valence-corrected chi connectivity index (χ0v) is 16.7. The van der Waals surface area contributed by atoms with Gasteiger partial charge in [0.05, 0.1) is 7.11 Å². The first-order valence-electron chi connectivity index (χ1n) is 9.88. The fraction of sp³-hybridized carbons (Fsp3) is 0.476. The predicted molar refractivity (Wildman–Crippen MR) is 107 cm³/mol. The summed E-state index contributed by atoms with van der Waals surface area (Å²) in [6, 6.07) is 5.65. The zero-order valence-electron chi connectivity index (χ0n) is 16.7. The van der Waals surface area contributed by atoms with E-state index in [4.69, 9.17) is 10.5 Å². The summed E-state index contributed by atoms with van der Waals surface area (Å²) in [5, 5.41) is 3.98. The van der Waals surface area contributed by atoms with Gasteiger partial charge in [-0.1, -0.05) is 6.42 Å². The maximum absolute atomic E-state index is 12.9. The van der Waals surface area contributed by atoms with E-state index >= 15 is 0 Å². The number of benzene rings is 1. The third-order valence-corrected chi connectivity index (χ3v) is 6.66. The van der Waals surface area contributed by atoms with Crippen LogP contribution in [-0.4, -0.2) is 54.3 Å². The molecule has 1 aliphatic carbocycles.